The van der Waals surface area contributed by atoms with Gasteiger partial charge < -0.3 is 10.1 Å². The lowest BCUT2D eigenvalue weighted by molar-refractivity contribution is 0.231. The second-order valence-corrected chi connectivity index (χ2v) is 5.54. The van der Waals surface area contributed by atoms with Crippen LogP contribution in [0.5, 0.6) is 5.75 Å². The summed E-state index contributed by atoms with van der Waals surface area (Å²) in [4.78, 5) is 0. The van der Waals surface area contributed by atoms with E-state index in [1.165, 1.54) is 31.2 Å². The summed E-state index contributed by atoms with van der Waals surface area (Å²) in [5.74, 6) is 1.82. The van der Waals surface area contributed by atoms with Crippen molar-refractivity contribution in [2.75, 3.05) is 13.2 Å². The highest BCUT2D eigenvalue weighted by Crippen LogP contribution is 2.38. The number of hydrogen-bond donors (Lipinski definition) is 1. The quantitative estimate of drug-likeness (QED) is 0.752. The molecule has 0 heterocycles. The minimum atomic E-state index is 0.536. The Balaban J connectivity index is 1.99. The molecular formula is C17H27NO. The minimum Gasteiger partial charge on any atom is -0.494 e. The Hall–Kier alpha value is -1.02. The maximum atomic E-state index is 5.65. The Morgan fingerprint density at radius 3 is 2.42 bits per heavy atom. The lowest BCUT2D eigenvalue weighted by Crippen LogP contribution is -2.32. The van der Waals surface area contributed by atoms with Crippen molar-refractivity contribution in [2.45, 2.75) is 52.0 Å². The van der Waals surface area contributed by atoms with Gasteiger partial charge in [0.2, 0.25) is 0 Å². The topological polar surface area (TPSA) is 21.3 Å². The molecule has 0 saturated heterocycles. The molecule has 2 heteroatoms. The Kier molecular flexibility index (Phi) is 5.71. The predicted molar refractivity (Wildman–Crippen MR) is 80.6 cm³/mol. The normalized spacial score (nSPS) is 16.9. The molecule has 2 rings (SSSR count). The first kappa shape index (κ1) is 14.4. The van der Waals surface area contributed by atoms with Crippen LogP contribution < -0.4 is 10.1 Å². The zero-order chi connectivity index (χ0) is 13.5. The van der Waals surface area contributed by atoms with Gasteiger partial charge in [-0.25, -0.2) is 0 Å². The molecule has 0 radical (unpaired) electrons. The van der Waals surface area contributed by atoms with Crippen LogP contribution in [0.1, 0.15) is 57.6 Å². The first-order chi connectivity index (χ1) is 9.35. The van der Waals surface area contributed by atoms with Crippen molar-refractivity contribution in [1.29, 1.82) is 0 Å². The van der Waals surface area contributed by atoms with Crippen LogP contribution in [0.2, 0.25) is 0 Å². The SMILES string of the molecule is CCCNC(c1ccc(OCCC)cc1)C1CCC1. The highest BCUT2D eigenvalue weighted by atomic mass is 16.5. The fraction of sp³-hybridized carbons (Fsp3) is 0.647. The second kappa shape index (κ2) is 7.54. The zero-order valence-electron chi connectivity index (χ0n) is 12.3. The van der Waals surface area contributed by atoms with E-state index in [0.717, 1.165) is 31.2 Å². The number of hydrogen-bond acceptors (Lipinski definition) is 2. The molecule has 2 nitrogen and oxygen atoms in total. The second-order valence-electron chi connectivity index (χ2n) is 5.54. The van der Waals surface area contributed by atoms with Crippen LogP contribution in [-0.4, -0.2) is 13.2 Å². The lowest BCUT2D eigenvalue weighted by atomic mass is 9.77. The maximum absolute atomic E-state index is 5.65. The average molecular weight is 261 g/mol. The van der Waals surface area contributed by atoms with Crippen molar-refractivity contribution in [3.05, 3.63) is 29.8 Å². The standard InChI is InChI=1S/C17H27NO/c1-3-12-18-17(14-6-5-7-14)15-8-10-16(11-9-15)19-13-4-2/h8-11,14,17-18H,3-7,12-13H2,1-2H3. The average Bonchev–Trinajstić information content (AvgIpc) is 2.39. The third-order valence-electron chi connectivity index (χ3n) is 3.95. The van der Waals surface area contributed by atoms with Crippen LogP contribution in [0, 0.1) is 5.92 Å². The molecule has 1 atom stereocenters. The fourth-order valence-corrected chi connectivity index (χ4v) is 2.62. The molecule has 1 aliphatic rings. The van der Waals surface area contributed by atoms with E-state index in [-0.39, 0.29) is 0 Å². The Morgan fingerprint density at radius 1 is 1.16 bits per heavy atom. The molecule has 19 heavy (non-hydrogen) atoms. The number of ether oxygens (including phenoxy) is 1. The zero-order valence-corrected chi connectivity index (χ0v) is 12.3. The molecule has 1 N–H and O–H groups in total. The third kappa shape index (κ3) is 3.97. The van der Waals surface area contributed by atoms with E-state index in [1.807, 2.05) is 0 Å². The van der Waals surface area contributed by atoms with Gasteiger partial charge in [0.05, 0.1) is 6.61 Å². The van der Waals surface area contributed by atoms with Gasteiger partial charge in [-0.3, -0.25) is 0 Å². The van der Waals surface area contributed by atoms with Gasteiger partial charge >= 0.3 is 0 Å². The molecule has 0 bridgehead atoms. The van der Waals surface area contributed by atoms with Crippen LogP contribution in [0.3, 0.4) is 0 Å². The van der Waals surface area contributed by atoms with Crippen molar-refractivity contribution in [3.8, 4) is 5.75 Å². The highest BCUT2D eigenvalue weighted by molar-refractivity contribution is 5.29. The van der Waals surface area contributed by atoms with E-state index in [1.54, 1.807) is 0 Å². The van der Waals surface area contributed by atoms with Gasteiger partial charge in [-0.1, -0.05) is 32.4 Å². The summed E-state index contributed by atoms with van der Waals surface area (Å²) in [5.41, 5.74) is 1.42. The molecule has 1 aromatic rings. The third-order valence-corrected chi connectivity index (χ3v) is 3.95. The van der Waals surface area contributed by atoms with Gasteiger partial charge in [0, 0.05) is 6.04 Å². The largest absolute Gasteiger partial charge is 0.494 e. The number of benzene rings is 1. The van der Waals surface area contributed by atoms with Gasteiger partial charge in [0.1, 0.15) is 5.75 Å². The van der Waals surface area contributed by atoms with Crippen LogP contribution in [0.4, 0.5) is 0 Å². The minimum absolute atomic E-state index is 0.536. The Bertz CT molecular complexity index is 356. The van der Waals surface area contributed by atoms with Crippen LogP contribution in [0.25, 0.3) is 0 Å². The molecule has 1 saturated carbocycles. The molecule has 106 valence electrons. The molecule has 0 aromatic heterocycles. The van der Waals surface area contributed by atoms with Crippen molar-refractivity contribution >= 4 is 0 Å². The van der Waals surface area contributed by atoms with Crippen LogP contribution in [0.15, 0.2) is 24.3 Å². The Labute approximate surface area is 117 Å². The first-order valence-corrected chi connectivity index (χ1v) is 7.81. The van der Waals surface area contributed by atoms with Gasteiger partial charge in [-0.2, -0.15) is 0 Å². The Morgan fingerprint density at radius 2 is 1.89 bits per heavy atom. The van der Waals surface area contributed by atoms with E-state index in [4.69, 9.17) is 4.74 Å². The molecule has 0 spiro atoms. The summed E-state index contributed by atoms with van der Waals surface area (Å²) >= 11 is 0. The van der Waals surface area contributed by atoms with E-state index in [0.29, 0.717) is 6.04 Å². The summed E-state index contributed by atoms with van der Waals surface area (Å²) in [6, 6.07) is 9.23. The smallest absolute Gasteiger partial charge is 0.119 e. The van der Waals surface area contributed by atoms with E-state index < -0.39 is 0 Å². The summed E-state index contributed by atoms with van der Waals surface area (Å²) in [5, 5.41) is 3.71. The number of nitrogens with one attached hydrogen (secondary N) is 1. The van der Waals surface area contributed by atoms with Crippen molar-refractivity contribution in [3.63, 3.8) is 0 Å². The van der Waals surface area contributed by atoms with E-state index in [2.05, 4.69) is 43.4 Å². The molecule has 0 amide bonds. The lowest BCUT2D eigenvalue weighted by Gasteiger charge is -2.35. The van der Waals surface area contributed by atoms with Crippen LogP contribution in [-0.2, 0) is 0 Å². The van der Waals surface area contributed by atoms with Crippen LogP contribution >= 0.6 is 0 Å². The monoisotopic (exact) mass is 261 g/mol. The summed E-state index contributed by atoms with van der Waals surface area (Å²) in [7, 11) is 0. The van der Waals surface area contributed by atoms with E-state index in [9.17, 15) is 0 Å². The molecule has 1 unspecified atom stereocenters. The van der Waals surface area contributed by atoms with Gasteiger partial charge in [0.15, 0.2) is 0 Å². The number of rotatable bonds is 8. The van der Waals surface area contributed by atoms with Crippen molar-refractivity contribution in [1.82, 2.24) is 5.32 Å². The maximum Gasteiger partial charge on any atom is 0.119 e. The van der Waals surface area contributed by atoms with E-state index >= 15 is 0 Å². The van der Waals surface area contributed by atoms with Gasteiger partial charge in [0.25, 0.3) is 0 Å². The summed E-state index contributed by atoms with van der Waals surface area (Å²) < 4.78 is 5.65. The van der Waals surface area contributed by atoms with Gasteiger partial charge in [-0.15, -0.1) is 0 Å². The van der Waals surface area contributed by atoms with Crippen molar-refractivity contribution in [2.24, 2.45) is 5.92 Å². The molecular weight excluding hydrogens is 234 g/mol. The predicted octanol–water partition coefficient (Wildman–Crippen LogP) is 4.32. The van der Waals surface area contributed by atoms with Gasteiger partial charge in [-0.05, 0) is 55.8 Å². The summed E-state index contributed by atoms with van der Waals surface area (Å²) in [6.45, 7) is 6.27. The molecule has 1 aliphatic carbocycles. The molecule has 1 aromatic carbocycles. The molecule has 0 aliphatic heterocycles. The molecule has 1 fully saturated rings. The fourth-order valence-electron chi connectivity index (χ4n) is 2.62. The first-order valence-electron chi connectivity index (χ1n) is 7.81. The summed E-state index contributed by atoms with van der Waals surface area (Å²) in [6.07, 6.45) is 6.39. The van der Waals surface area contributed by atoms with Crippen molar-refractivity contribution < 1.29 is 4.74 Å². The highest BCUT2D eigenvalue weighted by Gasteiger charge is 2.27.